The Morgan fingerprint density at radius 1 is 1.00 bits per heavy atom. The van der Waals surface area contributed by atoms with Crippen molar-refractivity contribution >= 4 is 39.4 Å². The van der Waals surface area contributed by atoms with Crippen molar-refractivity contribution in [2.24, 2.45) is 0 Å². The number of rotatable bonds is 7. The first-order valence-corrected chi connectivity index (χ1v) is 10.3. The molecule has 0 atom stereocenters. The van der Waals surface area contributed by atoms with Crippen molar-refractivity contribution in [3.63, 3.8) is 0 Å². The Morgan fingerprint density at radius 3 is 2.39 bits per heavy atom. The fourth-order valence-corrected chi connectivity index (χ4v) is 3.33. The summed E-state index contributed by atoms with van der Waals surface area (Å²) < 4.78 is 7.50. The zero-order valence-corrected chi connectivity index (χ0v) is 18.6. The summed E-state index contributed by atoms with van der Waals surface area (Å²) in [5.74, 6) is -1.63. The topological polar surface area (TPSA) is 102 Å². The lowest BCUT2D eigenvalue weighted by Gasteiger charge is -2.09. The third-order valence-electron chi connectivity index (χ3n) is 4.42. The van der Waals surface area contributed by atoms with Crippen LogP contribution in [0.4, 0.5) is 5.69 Å². The predicted molar refractivity (Wildman–Crippen MR) is 119 cm³/mol. The van der Waals surface area contributed by atoms with Crippen molar-refractivity contribution in [3.05, 3.63) is 76.0 Å². The van der Waals surface area contributed by atoms with Gasteiger partial charge in [0.2, 0.25) is 5.91 Å². The van der Waals surface area contributed by atoms with Gasteiger partial charge in [0.15, 0.2) is 6.61 Å². The van der Waals surface area contributed by atoms with Crippen LogP contribution in [0.15, 0.2) is 59.1 Å². The van der Waals surface area contributed by atoms with E-state index in [-0.39, 0.29) is 6.54 Å². The van der Waals surface area contributed by atoms with Crippen LogP contribution in [0.25, 0.3) is 5.69 Å². The molecule has 0 spiro atoms. The number of benzene rings is 2. The fourth-order valence-electron chi connectivity index (χ4n) is 2.95. The Kier molecular flexibility index (Phi) is 7.19. The second-order valence-corrected chi connectivity index (χ2v) is 7.53. The number of aromatic nitrogens is 2. The van der Waals surface area contributed by atoms with Gasteiger partial charge in [0.25, 0.3) is 5.91 Å². The maximum atomic E-state index is 12.5. The number of aryl methyl sites for hydroxylation is 1. The maximum absolute atomic E-state index is 12.5. The average molecular weight is 485 g/mol. The summed E-state index contributed by atoms with van der Waals surface area (Å²) in [7, 11) is 0. The number of amides is 2. The van der Waals surface area contributed by atoms with E-state index < -0.39 is 24.4 Å². The van der Waals surface area contributed by atoms with Gasteiger partial charge in [0.1, 0.15) is 5.56 Å². The van der Waals surface area contributed by atoms with Gasteiger partial charge in [-0.15, -0.1) is 0 Å². The monoisotopic (exact) mass is 484 g/mol. The number of carbonyl (C=O) groups excluding carboxylic acids is 3. The Balaban J connectivity index is 1.53. The summed E-state index contributed by atoms with van der Waals surface area (Å²) in [5.41, 5.74) is 2.83. The van der Waals surface area contributed by atoms with Crippen molar-refractivity contribution in [2.45, 2.75) is 13.8 Å². The first-order valence-electron chi connectivity index (χ1n) is 9.46. The van der Waals surface area contributed by atoms with Gasteiger partial charge in [0, 0.05) is 4.47 Å². The number of anilines is 1. The molecule has 0 bridgehead atoms. The highest BCUT2D eigenvalue weighted by Crippen LogP contribution is 2.21. The number of halogens is 1. The average Bonchev–Trinajstić information content (AvgIpc) is 3.07. The van der Waals surface area contributed by atoms with Gasteiger partial charge in [-0.25, -0.2) is 9.48 Å². The lowest BCUT2D eigenvalue weighted by molar-refractivity contribution is -0.126. The zero-order chi connectivity index (χ0) is 22.4. The molecule has 0 unspecified atom stereocenters. The quantitative estimate of drug-likeness (QED) is 0.501. The van der Waals surface area contributed by atoms with Gasteiger partial charge in [-0.05, 0) is 54.0 Å². The largest absolute Gasteiger partial charge is 0.452 e. The third-order valence-corrected chi connectivity index (χ3v) is 5.12. The first-order chi connectivity index (χ1) is 14.9. The van der Waals surface area contributed by atoms with Crippen molar-refractivity contribution in [1.82, 2.24) is 15.1 Å². The molecule has 1 heterocycles. The summed E-state index contributed by atoms with van der Waals surface area (Å²) in [4.78, 5) is 36.5. The number of hydrogen-bond donors (Lipinski definition) is 2. The molecule has 2 aromatic carbocycles. The van der Waals surface area contributed by atoms with E-state index in [2.05, 4.69) is 31.7 Å². The smallest absolute Gasteiger partial charge is 0.342 e. The highest BCUT2D eigenvalue weighted by atomic mass is 79.9. The SMILES string of the molecule is Cc1nn(-c2ccccc2)c(C)c1C(=O)OCC(=O)NCC(=O)Nc1ccccc1Br. The van der Waals surface area contributed by atoms with Crippen molar-refractivity contribution in [3.8, 4) is 5.69 Å². The molecule has 0 aliphatic heterocycles. The zero-order valence-electron chi connectivity index (χ0n) is 17.0. The molecular formula is C22H21BrN4O4. The number of para-hydroxylation sites is 2. The molecule has 2 amide bonds. The number of carbonyl (C=O) groups is 3. The maximum Gasteiger partial charge on any atom is 0.342 e. The molecule has 0 fully saturated rings. The normalized spacial score (nSPS) is 10.4. The van der Waals surface area contributed by atoms with E-state index in [1.165, 1.54) is 0 Å². The van der Waals surface area contributed by atoms with Crippen LogP contribution in [0, 0.1) is 13.8 Å². The van der Waals surface area contributed by atoms with Gasteiger partial charge in [0.05, 0.1) is 29.3 Å². The van der Waals surface area contributed by atoms with Gasteiger partial charge in [-0.2, -0.15) is 5.10 Å². The summed E-state index contributed by atoms with van der Waals surface area (Å²) in [5, 5.41) is 9.49. The Bertz CT molecular complexity index is 1110. The predicted octanol–water partition coefficient (Wildman–Crippen LogP) is 3.16. The highest BCUT2D eigenvalue weighted by Gasteiger charge is 2.21. The molecule has 0 aliphatic carbocycles. The minimum absolute atomic E-state index is 0.248. The second-order valence-electron chi connectivity index (χ2n) is 6.67. The number of nitrogens with one attached hydrogen (secondary N) is 2. The van der Waals surface area contributed by atoms with E-state index in [1.807, 2.05) is 36.4 Å². The Labute approximate surface area is 187 Å². The van der Waals surface area contributed by atoms with Crippen molar-refractivity contribution in [1.29, 1.82) is 0 Å². The molecule has 3 rings (SSSR count). The van der Waals surface area contributed by atoms with Crippen molar-refractivity contribution < 1.29 is 19.1 Å². The van der Waals surface area contributed by atoms with Crippen molar-refractivity contribution in [2.75, 3.05) is 18.5 Å². The van der Waals surface area contributed by atoms with E-state index in [0.717, 1.165) is 10.2 Å². The highest BCUT2D eigenvalue weighted by molar-refractivity contribution is 9.10. The molecule has 31 heavy (non-hydrogen) atoms. The molecule has 0 saturated heterocycles. The first kappa shape index (κ1) is 22.2. The summed E-state index contributed by atoms with van der Waals surface area (Å²) in [6, 6.07) is 16.5. The van der Waals surface area contributed by atoms with E-state index in [9.17, 15) is 14.4 Å². The van der Waals surface area contributed by atoms with Crippen LogP contribution in [0.3, 0.4) is 0 Å². The van der Waals surface area contributed by atoms with Gasteiger partial charge < -0.3 is 15.4 Å². The van der Waals surface area contributed by atoms with E-state index in [1.54, 1.807) is 36.7 Å². The van der Waals surface area contributed by atoms with Crippen LogP contribution in [0.1, 0.15) is 21.7 Å². The molecule has 8 nitrogen and oxygen atoms in total. The van der Waals surface area contributed by atoms with E-state index in [0.29, 0.717) is 22.6 Å². The van der Waals surface area contributed by atoms with Crippen LogP contribution in [0.5, 0.6) is 0 Å². The molecule has 0 aliphatic rings. The number of ether oxygens (including phenoxy) is 1. The molecule has 3 aromatic rings. The van der Waals surface area contributed by atoms with Crippen LogP contribution in [0.2, 0.25) is 0 Å². The molecular weight excluding hydrogens is 464 g/mol. The lowest BCUT2D eigenvalue weighted by atomic mass is 10.2. The Morgan fingerprint density at radius 2 is 1.68 bits per heavy atom. The van der Waals surface area contributed by atoms with Crippen LogP contribution < -0.4 is 10.6 Å². The molecule has 1 aromatic heterocycles. The minimum Gasteiger partial charge on any atom is -0.452 e. The van der Waals surface area contributed by atoms with E-state index in [4.69, 9.17) is 4.74 Å². The summed E-state index contributed by atoms with van der Waals surface area (Å²) in [6.07, 6.45) is 0. The van der Waals surface area contributed by atoms with Crippen LogP contribution in [-0.2, 0) is 14.3 Å². The second kappa shape index (κ2) is 10.0. The molecule has 2 N–H and O–H groups in total. The third kappa shape index (κ3) is 5.58. The number of hydrogen-bond acceptors (Lipinski definition) is 5. The molecule has 9 heteroatoms. The minimum atomic E-state index is -0.648. The number of esters is 1. The van der Waals surface area contributed by atoms with Gasteiger partial charge in [-0.3, -0.25) is 9.59 Å². The van der Waals surface area contributed by atoms with Gasteiger partial charge in [-0.1, -0.05) is 30.3 Å². The molecule has 0 saturated carbocycles. The standard InChI is InChI=1S/C22H21BrN4O4/c1-14-21(15(2)27(26-14)16-8-4-3-5-9-16)22(30)31-13-20(29)24-12-19(28)25-18-11-7-6-10-17(18)23/h3-11H,12-13H2,1-2H3,(H,24,29)(H,25,28). The van der Waals surface area contributed by atoms with Gasteiger partial charge >= 0.3 is 5.97 Å². The van der Waals surface area contributed by atoms with E-state index >= 15 is 0 Å². The number of nitrogens with zero attached hydrogens (tertiary/aromatic N) is 2. The molecule has 160 valence electrons. The summed E-state index contributed by atoms with van der Waals surface area (Å²) >= 11 is 3.33. The summed E-state index contributed by atoms with van der Waals surface area (Å²) in [6.45, 7) is 2.71. The fraction of sp³-hybridized carbons (Fsp3) is 0.182. The van der Waals surface area contributed by atoms with Crippen LogP contribution in [-0.4, -0.2) is 40.7 Å². The molecule has 0 radical (unpaired) electrons. The Hall–Kier alpha value is -3.46. The van der Waals surface area contributed by atoms with Crippen LogP contribution >= 0.6 is 15.9 Å². The lowest BCUT2D eigenvalue weighted by Crippen LogP contribution is -2.35.